The number of nitro groups is 1. The Balaban J connectivity index is 1.70. The van der Waals surface area contributed by atoms with Crippen molar-refractivity contribution in [1.29, 1.82) is 0 Å². The molecule has 0 bridgehead atoms. The smallest absolute Gasteiger partial charge is 0.271 e. The number of fused-ring (bicyclic) bond motifs is 1. The Kier molecular flexibility index (Phi) is 6.37. The summed E-state index contributed by atoms with van der Waals surface area (Å²) < 4.78 is 13.1. The van der Waals surface area contributed by atoms with Gasteiger partial charge in [-0.15, -0.1) is 0 Å². The van der Waals surface area contributed by atoms with E-state index in [1.807, 2.05) is 48.5 Å². The lowest BCUT2D eigenvalue weighted by molar-refractivity contribution is -0.384. The molecule has 9 nitrogen and oxygen atoms in total. The van der Waals surface area contributed by atoms with Crippen LogP contribution >= 0.6 is 0 Å². The Labute approximate surface area is 237 Å². The van der Waals surface area contributed by atoms with Crippen molar-refractivity contribution in [2.45, 2.75) is 32.6 Å². The second-order valence-corrected chi connectivity index (χ2v) is 11.2. The van der Waals surface area contributed by atoms with Crippen LogP contribution in [-0.4, -0.2) is 34.7 Å². The van der Waals surface area contributed by atoms with Gasteiger partial charge in [0.25, 0.3) is 5.69 Å². The summed E-state index contributed by atoms with van der Waals surface area (Å²) in [5, 5.41) is 20.3. The zero-order valence-electron chi connectivity index (χ0n) is 23.3. The van der Waals surface area contributed by atoms with E-state index in [2.05, 4.69) is 19.2 Å². The molecule has 1 aliphatic carbocycles. The Hall–Kier alpha value is -4.92. The third-order valence-corrected chi connectivity index (χ3v) is 7.77. The van der Waals surface area contributed by atoms with E-state index in [1.165, 1.54) is 12.1 Å². The summed E-state index contributed by atoms with van der Waals surface area (Å²) in [7, 11) is 3.22. The molecule has 0 fully saturated rings. The molecule has 1 aromatic heterocycles. The van der Waals surface area contributed by atoms with Crippen molar-refractivity contribution < 1.29 is 19.2 Å². The molecule has 2 aliphatic rings. The summed E-state index contributed by atoms with van der Waals surface area (Å²) >= 11 is 0. The average molecular weight is 551 g/mol. The molecule has 0 spiro atoms. The quantitative estimate of drug-likeness (QED) is 0.211. The molecule has 3 aromatic carbocycles. The number of ketones is 1. The van der Waals surface area contributed by atoms with Crippen LogP contribution in [0, 0.1) is 15.5 Å². The van der Waals surface area contributed by atoms with Crippen molar-refractivity contribution in [2.75, 3.05) is 19.5 Å². The number of nitrogens with zero attached hydrogens (tertiary/aromatic N) is 3. The fourth-order valence-electron chi connectivity index (χ4n) is 6.00. The molecule has 208 valence electrons. The molecule has 41 heavy (non-hydrogen) atoms. The van der Waals surface area contributed by atoms with Crippen LogP contribution in [0.5, 0.6) is 11.5 Å². The van der Waals surface area contributed by atoms with Gasteiger partial charge in [-0.25, -0.2) is 4.68 Å². The van der Waals surface area contributed by atoms with E-state index < -0.39 is 10.8 Å². The van der Waals surface area contributed by atoms with Gasteiger partial charge in [0, 0.05) is 52.4 Å². The number of hydrogen-bond acceptors (Lipinski definition) is 7. The molecule has 1 atom stereocenters. The highest BCUT2D eigenvalue weighted by Crippen LogP contribution is 2.53. The third-order valence-electron chi connectivity index (χ3n) is 7.77. The number of Topliss-reactive ketones (excluding diaryl/α,β-unsaturated/α-hetero) is 1. The van der Waals surface area contributed by atoms with Crippen molar-refractivity contribution in [3.8, 4) is 28.4 Å². The van der Waals surface area contributed by atoms with E-state index >= 15 is 0 Å². The maximum atomic E-state index is 14.0. The van der Waals surface area contributed by atoms with Crippen molar-refractivity contribution in [2.24, 2.45) is 5.41 Å². The first-order chi connectivity index (χ1) is 19.7. The van der Waals surface area contributed by atoms with Crippen LogP contribution in [0.1, 0.15) is 43.7 Å². The first-order valence-electron chi connectivity index (χ1n) is 13.4. The zero-order chi connectivity index (χ0) is 28.9. The van der Waals surface area contributed by atoms with E-state index in [1.54, 1.807) is 31.0 Å². The normalized spacial score (nSPS) is 17.4. The molecule has 6 rings (SSSR count). The summed E-state index contributed by atoms with van der Waals surface area (Å²) in [6.45, 7) is 4.17. The summed E-state index contributed by atoms with van der Waals surface area (Å²) in [6.07, 6.45) is 1.06. The van der Waals surface area contributed by atoms with E-state index in [0.717, 1.165) is 22.4 Å². The number of ether oxygens (including phenoxy) is 2. The second-order valence-electron chi connectivity index (χ2n) is 11.2. The summed E-state index contributed by atoms with van der Waals surface area (Å²) in [6, 6.07) is 21.7. The van der Waals surface area contributed by atoms with Gasteiger partial charge < -0.3 is 14.8 Å². The lowest BCUT2D eigenvalue weighted by atomic mass is 9.68. The number of rotatable bonds is 6. The van der Waals surface area contributed by atoms with Crippen molar-refractivity contribution in [1.82, 2.24) is 9.78 Å². The number of benzene rings is 3. The number of non-ortho nitro benzene ring substituents is 1. The van der Waals surface area contributed by atoms with Gasteiger partial charge >= 0.3 is 0 Å². The van der Waals surface area contributed by atoms with Crippen molar-refractivity contribution in [3.05, 3.63) is 105 Å². The average Bonchev–Trinajstić information content (AvgIpc) is 3.34. The standard InChI is InChI=1S/C32H30N4O5/c1-32(2)17-24-28(25(37)18-32)27(23-16-22(40-3)13-14-26(23)41-4)29-30(19-9-6-5-7-10-19)34-35(31(29)33-24)20-11-8-12-21(15-20)36(38)39/h5-16,27,33H,17-18H2,1-4H3. The van der Waals surface area contributed by atoms with Crippen LogP contribution in [0.4, 0.5) is 11.5 Å². The number of aromatic nitrogens is 2. The third kappa shape index (κ3) is 4.53. The molecule has 0 saturated heterocycles. The first kappa shape index (κ1) is 26.3. The summed E-state index contributed by atoms with van der Waals surface area (Å²) in [4.78, 5) is 25.2. The number of allylic oxidation sites excluding steroid dienone is 2. The van der Waals surface area contributed by atoms with Crippen molar-refractivity contribution in [3.63, 3.8) is 0 Å². The number of nitro benzene ring substituents is 1. The molecule has 1 unspecified atom stereocenters. The number of nitrogens with one attached hydrogen (secondary N) is 1. The van der Waals surface area contributed by atoms with Crippen LogP contribution in [0.15, 0.2) is 84.1 Å². The number of methoxy groups -OCH3 is 2. The molecule has 2 heterocycles. The SMILES string of the molecule is COc1ccc(OC)c(C2C3=C(CC(C)(C)CC3=O)Nc3c2c(-c2ccccc2)nn3-c2cccc([N+](=O)[O-])c2)c1. The monoisotopic (exact) mass is 550 g/mol. The van der Waals surface area contributed by atoms with Gasteiger partial charge in [-0.1, -0.05) is 50.2 Å². The van der Waals surface area contributed by atoms with Crippen molar-refractivity contribution >= 4 is 17.3 Å². The van der Waals surface area contributed by atoms with Crippen LogP contribution in [0.3, 0.4) is 0 Å². The Morgan fingerprint density at radius 1 is 1.00 bits per heavy atom. The van der Waals surface area contributed by atoms with E-state index in [0.29, 0.717) is 47.1 Å². The van der Waals surface area contributed by atoms with Gasteiger partial charge in [0.05, 0.1) is 30.5 Å². The highest BCUT2D eigenvalue weighted by atomic mass is 16.6. The van der Waals surface area contributed by atoms with E-state index in [4.69, 9.17) is 14.6 Å². The van der Waals surface area contributed by atoms with E-state index in [-0.39, 0.29) is 16.9 Å². The summed E-state index contributed by atoms with van der Waals surface area (Å²) in [5.41, 5.74) is 4.84. The van der Waals surface area contributed by atoms with Gasteiger partial charge in [0.2, 0.25) is 0 Å². The van der Waals surface area contributed by atoms with Crippen LogP contribution in [0.2, 0.25) is 0 Å². The lowest BCUT2D eigenvalue weighted by Crippen LogP contribution is -2.34. The van der Waals surface area contributed by atoms with Gasteiger partial charge in [-0.05, 0) is 36.1 Å². The minimum Gasteiger partial charge on any atom is -0.497 e. The first-order valence-corrected chi connectivity index (χ1v) is 13.4. The summed E-state index contributed by atoms with van der Waals surface area (Å²) in [5.74, 6) is 1.46. The number of carbonyl (C=O) groups excluding carboxylic acids is 1. The Morgan fingerprint density at radius 3 is 2.49 bits per heavy atom. The topological polar surface area (TPSA) is 109 Å². The zero-order valence-corrected chi connectivity index (χ0v) is 23.3. The molecule has 9 heteroatoms. The Bertz CT molecular complexity index is 1720. The van der Waals surface area contributed by atoms with Gasteiger partial charge in [0.1, 0.15) is 17.3 Å². The van der Waals surface area contributed by atoms with Gasteiger partial charge in [-0.3, -0.25) is 14.9 Å². The molecule has 1 N–H and O–H groups in total. The molecular weight excluding hydrogens is 520 g/mol. The molecular formula is C32H30N4O5. The number of carbonyl (C=O) groups is 1. The maximum Gasteiger partial charge on any atom is 0.271 e. The highest BCUT2D eigenvalue weighted by Gasteiger charge is 2.44. The number of hydrogen-bond donors (Lipinski definition) is 1. The minimum absolute atomic E-state index is 0.0382. The largest absolute Gasteiger partial charge is 0.497 e. The second kappa shape index (κ2) is 9.92. The van der Waals surface area contributed by atoms with Gasteiger partial charge in [0.15, 0.2) is 5.78 Å². The van der Waals surface area contributed by atoms with E-state index in [9.17, 15) is 14.9 Å². The molecule has 0 saturated carbocycles. The molecule has 0 radical (unpaired) electrons. The predicted molar refractivity (Wildman–Crippen MR) is 156 cm³/mol. The van der Waals surface area contributed by atoms with Crippen LogP contribution < -0.4 is 14.8 Å². The maximum absolute atomic E-state index is 14.0. The predicted octanol–water partition coefficient (Wildman–Crippen LogP) is 6.67. The number of anilines is 1. The molecule has 1 aliphatic heterocycles. The lowest BCUT2D eigenvalue weighted by Gasteiger charge is -2.39. The fraction of sp³-hybridized carbons (Fsp3) is 0.250. The van der Waals surface area contributed by atoms with Crippen LogP contribution in [0.25, 0.3) is 16.9 Å². The van der Waals surface area contributed by atoms with Crippen LogP contribution in [-0.2, 0) is 4.79 Å². The molecule has 4 aromatic rings. The Morgan fingerprint density at radius 2 is 1.78 bits per heavy atom. The fourth-order valence-corrected chi connectivity index (χ4v) is 6.00. The molecule has 0 amide bonds. The highest BCUT2D eigenvalue weighted by molar-refractivity contribution is 6.02. The van der Waals surface area contributed by atoms with Gasteiger partial charge in [-0.2, -0.15) is 5.10 Å². The minimum atomic E-state index is -0.516.